The van der Waals surface area contributed by atoms with Crippen LogP contribution in [0.3, 0.4) is 0 Å². The highest BCUT2D eigenvalue weighted by atomic mass is 16.2. The monoisotopic (exact) mass is 331 g/mol. The number of carbonyl (C=O) groups is 2. The number of anilines is 2. The predicted molar refractivity (Wildman–Crippen MR) is 98.3 cm³/mol. The van der Waals surface area contributed by atoms with E-state index in [0.717, 1.165) is 37.2 Å². The molecule has 0 radical (unpaired) electrons. The van der Waals surface area contributed by atoms with E-state index in [1.54, 1.807) is 4.90 Å². The second-order valence-electron chi connectivity index (χ2n) is 6.62. The van der Waals surface area contributed by atoms with Gasteiger partial charge in [0.25, 0.3) is 0 Å². The molecule has 1 aliphatic heterocycles. The Morgan fingerprint density at radius 2 is 2.00 bits per heavy atom. The van der Waals surface area contributed by atoms with Gasteiger partial charge in [0.1, 0.15) is 0 Å². The molecule has 0 saturated carbocycles. The summed E-state index contributed by atoms with van der Waals surface area (Å²) in [6.45, 7) is 11.5. The van der Waals surface area contributed by atoms with Crippen LogP contribution in [-0.4, -0.2) is 42.9 Å². The number of hydrogen-bond acceptors (Lipinski definition) is 3. The maximum absolute atomic E-state index is 12.3. The molecule has 5 nitrogen and oxygen atoms in total. The maximum atomic E-state index is 12.3. The van der Waals surface area contributed by atoms with Crippen molar-refractivity contribution < 1.29 is 9.59 Å². The smallest absolute Gasteiger partial charge is 0.313 e. The number of aryl methyl sites for hydroxylation is 1. The standard InChI is InChI=1S/C19H29N3O2/c1-5-21(6-2)16-9-10-17(15(4)12-16)20-18(23)19(24)22-11-7-8-14(3)13-22/h9-10,12,14H,5-8,11,13H2,1-4H3,(H,20,23). The molecule has 0 spiro atoms. The minimum Gasteiger partial charge on any atom is -0.372 e. The highest BCUT2D eigenvalue weighted by Gasteiger charge is 2.26. The van der Waals surface area contributed by atoms with E-state index in [-0.39, 0.29) is 0 Å². The van der Waals surface area contributed by atoms with Crippen LogP contribution >= 0.6 is 0 Å². The molecule has 0 aromatic heterocycles. The summed E-state index contributed by atoms with van der Waals surface area (Å²) in [6.07, 6.45) is 2.09. The van der Waals surface area contributed by atoms with E-state index in [2.05, 4.69) is 37.1 Å². The van der Waals surface area contributed by atoms with Gasteiger partial charge in [0.15, 0.2) is 0 Å². The van der Waals surface area contributed by atoms with Crippen LogP contribution < -0.4 is 10.2 Å². The van der Waals surface area contributed by atoms with Crippen LogP contribution in [0.5, 0.6) is 0 Å². The van der Waals surface area contributed by atoms with E-state index in [1.807, 2.05) is 19.1 Å². The van der Waals surface area contributed by atoms with Crippen molar-refractivity contribution in [1.29, 1.82) is 0 Å². The molecule has 2 amide bonds. The zero-order chi connectivity index (χ0) is 17.7. The lowest BCUT2D eigenvalue weighted by Gasteiger charge is -2.30. The van der Waals surface area contributed by atoms with Crippen molar-refractivity contribution in [2.24, 2.45) is 5.92 Å². The minimum atomic E-state index is -0.539. The minimum absolute atomic E-state index is 0.422. The average Bonchev–Trinajstić information content (AvgIpc) is 2.57. The molecule has 132 valence electrons. The first kappa shape index (κ1) is 18.3. The summed E-state index contributed by atoms with van der Waals surface area (Å²) in [5.74, 6) is -0.498. The normalized spacial score (nSPS) is 17.5. The van der Waals surface area contributed by atoms with Gasteiger partial charge in [-0.05, 0) is 63.3 Å². The van der Waals surface area contributed by atoms with Gasteiger partial charge in [0, 0.05) is 37.6 Å². The van der Waals surface area contributed by atoms with Gasteiger partial charge in [0.05, 0.1) is 0 Å². The Balaban J connectivity index is 2.04. The van der Waals surface area contributed by atoms with Crippen LogP contribution in [0, 0.1) is 12.8 Å². The molecular formula is C19H29N3O2. The summed E-state index contributed by atoms with van der Waals surface area (Å²) < 4.78 is 0. The Hall–Kier alpha value is -2.04. The Bertz CT molecular complexity index is 596. The number of amides is 2. The van der Waals surface area contributed by atoms with Crippen LogP contribution in [0.4, 0.5) is 11.4 Å². The molecule has 0 bridgehead atoms. The topological polar surface area (TPSA) is 52.7 Å². The number of benzene rings is 1. The molecule has 1 aromatic rings. The van der Waals surface area contributed by atoms with Crippen molar-refractivity contribution >= 4 is 23.2 Å². The van der Waals surface area contributed by atoms with Crippen molar-refractivity contribution in [3.8, 4) is 0 Å². The Labute approximate surface area is 145 Å². The largest absolute Gasteiger partial charge is 0.372 e. The lowest BCUT2D eigenvalue weighted by Crippen LogP contribution is -2.44. The molecule has 1 aromatic carbocycles. The van der Waals surface area contributed by atoms with Gasteiger partial charge in [-0.25, -0.2) is 0 Å². The molecule has 1 atom stereocenters. The molecule has 1 heterocycles. The Kier molecular flexibility index (Phi) is 6.23. The van der Waals surface area contributed by atoms with Crippen molar-refractivity contribution in [2.45, 2.75) is 40.5 Å². The molecular weight excluding hydrogens is 302 g/mol. The van der Waals surface area contributed by atoms with Gasteiger partial charge >= 0.3 is 11.8 Å². The van der Waals surface area contributed by atoms with Gasteiger partial charge < -0.3 is 15.1 Å². The summed E-state index contributed by atoms with van der Waals surface area (Å²) in [7, 11) is 0. The summed E-state index contributed by atoms with van der Waals surface area (Å²) in [6, 6.07) is 5.92. The summed E-state index contributed by atoms with van der Waals surface area (Å²) >= 11 is 0. The van der Waals surface area contributed by atoms with Crippen molar-refractivity contribution in [3.05, 3.63) is 23.8 Å². The number of nitrogens with one attached hydrogen (secondary N) is 1. The number of rotatable bonds is 4. The second kappa shape index (κ2) is 8.18. The summed E-state index contributed by atoms with van der Waals surface area (Å²) in [5, 5.41) is 2.78. The van der Waals surface area contributed by atoms with Crippen LogP contribution in [0.25, 0.3) is 0 Å². The fourth-order valence-corrected chi connectivity index (χ4v) is 3.27. The summed E-state index contributed by atoms with van der Waals surface area (Å²) in [4.78, 5) is 28.5. The first-order valence-corrected chi connectivity index (χ1v) is 8.92. The lowest BCUT2D eigenvalue weighted by atomic mass is 10.0. The molecule has 1 saturated heterocycles. The zero-order valence-corrected chi connectivity index (χ0v) is 15.3. The molecule has 1 unspecified atom stereocenters. The highest BCUT2D eigenvalue weighted by molar-refractivity contribution is 6.39. The third kappa shape index (κ3) is 4.28. The van der Waals surface area contributed by atoms with Crippen LogP contribution in [-0.2, 0) is 9.59 Å². The Morgan fingerprint density at radius 3 is 2.58 bits per heavy atom. The van der Waals surface area contributed by atoms with Gasteiger partial charge in [-0.2, -0.15) is 0 Å². The molecule has 1 N–H and O–H groups in total. The molecule has 2 rings (SSSR count). The van der Waals surface area contributed by atoms with E-state index in [1.165, 1.54) is 0 Å². The van der Waals surface area contributed by atoms with Gasteiger partial charge in [-0.3, -0.25) is 9.59 Å². The number of carbonyl (C=O) groups excluding carboxylic acids is 2. The number of piperidine rings is 1. The average molecular weight is 331 g/mol. The number of likely N-dealkylation sites (tertiary alicyclic amines) is 1. The molecule has 5 heteroatoms. The van der Waals surface area contributed by atoms with Crippen LogP contribution in [0.1, 0.15) is 39.2 Å². The van der Waals surface area contributed by atoms with E-state index >= 15 is 0 Å². The van der Waals surface area contributed by atoms with Crippen molar-refractivity contribution in [2.75, 3.05) is 36.4 Å². The van der Waals surface area contributed by atoms with Gasteiger partial charge in [-0.15, -0.1) is 0 Å². The maximum Gasteiger partial charge on any atom is 0.313 e. The zero-order valence-electron chi connectivity index (χ0n) is 15.3. The lowest BCUT2D eigenvalue weighted by molar-refractivity contribution is -0.144. The fraction of sp³-hybridized carbons (Fsp3) is 0.579. The molecule has 1 fully saturated rings. The van der Waals surface area contributed by atoms with Crippen molar-refractivity contribution in [3.63, 3.8) is 0 Å². The highest BCUT2D eigenvalue weighted by Crippen LogP contribution is 2.23. The third-order valence-corrected chi connectivity index (χ3v) is 4.73. The predicted octanol–water partition coefficient (Wildman–Crippen LogP) is 3.04. The third-order valence-electron chi connectivity index (χ3n) is 4.73. The molecule has 1 aliphatic rings. The SMILES string of the molecule is CCN(CC)c1ccc(NC(=O)C(=O)N2CCCC(C)C2)c(C)c1. The van der Waals surface area contributed by atoms with Gasteiger partial charge in [0.2, 0.25) is 0 Å². The van der Waals surface area contributed by atoms with E-state index in [9.17, 15) is 9.59 Å². The summed E-state index contributed by atoms with van der Waals surface area (Å²) in [5.41, 5.74) is 2.80. The number of nitrogens with zero attached hydrogens (tertiary/aromatic N) is 2. The molecule has 0 aliphatic carbocycles. The second-order valence-corrected chi connectivity index (χ2v) is 6.62. The van der Waals surface area contributed by atoms with E-state index in [4.69, 9.17) is 0 Å². The van der Waals surface area contributed by atoms with Crippen LogP contribution in [0.2, 0.25) is 0 Å². The first-order chi connectivity index (χ1) is 11.5. The van der Waals surface area contributed by atoms with Crippen LogP contribution in [0.15, 0.2) is 18.2 Å². The quantitative estimate of drug-likeness (QED) is 0.863. The van der Waals surface area contributed by atoms with E-state index in [0.29, 0.717) is 24.7 Å². The van der Waals surface area contributed by atoms with Gasteiger partial charge in [-0.1, -0.05) is 6.92 Å². The van der Waals surface area contributed by atoms with E-state index < -0.39 is 11.8 Å². The van der Waals surface area contributed by atoms with Crippen molar-refractivity contribution in [1.82, 2.24) is 4.90 Å². The molecule has 24 heavy (non-hydrogen) atoms. The first-order valence-electron chi connectivity index (χ1n) is 8.92. The Morgan fingerprint density at radius 1 is 1.29 bits per heavy atom. The number of hydrogen-bond donors (Lipinski definition) is 1. The fourth-order valence-electron chi connectivity index (χ4n) is 3.27.